The first-order valence-corrected chi connectivity index (χ1v) is 5.91. The van der Waals surface area contributed by atoms with Gasteiger partial charge in [0.2, 0.25) is 0 Å². The van der Waals surface area contributed by atoms with E-state index >= 15 is 0 Å². The van der Waals surface area contributed by atoms with Gasteiger partial charge in [0.1, 0.15) is 0 Å². The van der Waals surface area contributed by atoms with Crippen LogP contribution < -0.4 is 0 Å². The van der Waals surface area contributed by atoms with Gasteiger partial charge in [0, 0.05) is 0 Å². The van der Waals surface area contributed by atoms with E-state index in [1.165, 1.54) is 26.2 Å². The normalized spacial score (nSPS) is 13.2. The van der Waals surface area contributed by atoms with Crippen LogP contribution in [0.4, 0.5) is 0 Å². The second-order valence-corrected chi connectivity index (χ2v) is 5.29. The lowest BCUT2D eigenvalue weighted by Gasteiger charge is -2.10. The van der Waals surface area contributed by atoms with Crippen LogP contribution in [0.3, 0.4) is 0 Å². The quantitative estimate of drug-likeness (QED) is 0.725. The highest BCUT2D eigenvalue weighted by Crippen LogP contribution is 2.15. The summed E-state index contributed by atoms with van der Waals surface area (Å²) in [6.45, 7) is 1.31. The van der Waals surface area contributed by atoms with E-state index in [0.29, 0.717) is 0 Å². The number of methoxy groups -OCH3 is 1. The molecule has 0 fully saturated rings. The molecule has 0 aliphatic carbocycles. The van der Waals surface area contributed by atoms with Crippen LogP contribution in [-0.2, 0) is 19.4 Å². The van der Waals surface area contributed by atoms with Crippen molar-refractivity contribution in [3.8, 4) is 0 Å². The van der Waals surface area contributed by atoms with Gasteiger partial charge in [-0.15, -0.1) is 0 Å². The van der Waals surface area contributed by atoms with Gasteiger partial charge < -0.3 is 4.74 Å². The van der Waals surface area contributed by atoms with Crippen molar-refractivity contribution in [3.05, 3.63) is 30.3 Å². The Morgan fingerprint density at radius 2 is 1.80 bits per heavy atom. The largest absolute Gasteiger partial charge is 0.468 e. The van der Waals surface area contributed by atoms with E-state index in [1.54, 1.807) is 18.2 Å². The Hall–Kier alpha value is -1.36. The van der Waals surface area contributed by atoms with Crippen LogP contribution in [0, 0.1) is 0 Å². The van der Waals surface area contributed by atoms with Crippen LogP contribution in [0.1, 0.15) is 6.92 Å². The van der Waals surface area contributed by atoms with E-state index in [1.807, 2.05) is 0 Å². The van der Waals surface area contributed by atoms with Gasteiger partial charge in [-0.05, 0) is 19.1 Å². The van der Waals surface area contributed by atoms with E-state index in [2.05, 4.69) is 4.74 Å². The SMILES string of the molecule is COC(=O)[C@@H](C)S(=O)(=O)c1ccccc1. The zero-order chi connectivity index (χ0) is 11.5. The molecule has 1 aromatic rings. The Bertz CT molecular complexity index is 436. The monoisotopic (exact) mass is 228 g/mol. The molecular weight excluding hydrogens is 216 g/mol. The molecule has 0 heterocycles. The zero-order valence-corrected chi connectivity index (χ0v) is 9.32. The lowest BCUT2D eigenvalue weighted by atomic mass is 10.4. The summed E-state index contributed by atoms with van der Waals surface area (Å²) in [6.07, 6.45) is 0. The Morgan fingerprint density at radius 3 is 2.27 bits per heavy atom. The summed E-state index contributed by atoms with van der Waals surface area (Å²) in [5, 5.41) is -1.18. The third-order valence-corrected chi connectivity index (χ3v) is 4.12. The number of benzene rings is 1. The molecule has 1 rings (SSSR count). The van der Waals surface area contributed by atoms with Crippen molar-refractivity contribution in [1.82, 2.24) is 0 Å². The Labute approximate surface area is 88.8 Å². The summed E-state index contributed by atoms with van der Waals surface area (Å²) in [5.74, 6) is -0.751. The third-order valence-electron chi connectivity index (χ3n) is 2.07. The topological polar surface area (TPSA) is 60.4 Å². The van der Waals surface area contributed by atoms with Crippen LogP contribution in [0.15, 0.2) is 35.2 Å². The third kappa shape index (κ3) is 2.36. The van der Waals surface area contributed by atoms with Crippen molar-refractivity contribution >= 4 is 15.8 Å². The maximum atomic E-state index is 11.8. The fraction of sp³-hybridized carbons (Fsp3) is 0.300. The molecule has 15 heavy (non-hydrogen) atoms. The number of sulfone groups is 1. The van der Waals surface area contributed by atoms with Crippen molar-refractivity contribution in [3.63, 3.8) is 0 Å². The standard InChI is InChI=1S/C10H12O4S/c1-8(10(11)14-2)15(12,13)9-6-4-3-5-7-9/h3-8H,1-2H3/t8-/m1/s1. The molecule has 0 aromatic heterocycles. The lowest BCUT2D eigenvalue weighted by Crippen LogP contribution is -2.28. The molecule has 1 atom stereocenters. The molecule has 0 saturated heterocycles. The van der Waals surface area contributed by atoms with Crippen LogP contribution in [0.2, 0.25) is 0 Å². The average molecular weight is 228 g/mol. The highest BCUT2D eigenvalue weighted by atomic mass is 32.2. The summed E-state index contributed by atoms with van der Waals surface area (Å²) in [7, 11) is -2.46. The van der Waals surface area contributed by atoms with Gasteiger partial charge in [-0.1, -0.05) is 18.2 Å². The average Bonchev–Trinajstić information content (AvgIpc) is 2.28. The van der Waals surface area contributed by atoms with E-state index in [4.69, 9.17) is 0 Å². The van der Waals surface area contributed by atoms with Crippen LogP contribution in [-0.4, -0.2) is 26.7 Å². The van der Waals surface area contributed by atoms with Gasteiger partial charge in [-0.2, -0.15) is 0 Å². The van der Waals surface area contributed by atoms with Gasteiger partial charge in [-0.3, -0.25) is 4.79 Å². The van der Waals surface area contributed by atoms with Crippen LogP contribution in [0.5, 0.6) is 0 Å². The predicted molar refractivity (Wildman–Crippen MR) is 55.1 cm³/mol. The minimum absolute atomic E-state index is 0.128. The summed E-state index contributed by atoms with van der Waals surface area (Å²) in [6, 6.07) is 7.83. The van der Waals surface area contributed by atoms with Gasteiger partial charge >= 0.3 is 5.97 Å². The maximum Gasteiger partial charge on any atom is 0.324 e. The summed E-state index contributed by atoms with van der Waals surface area (Å²) in [4.78, 5) is 11.3. The smallest absolute Gasteiger partial charge is 0.324 e. The molecule has 0 radical (unpaired) electrons. The maximum absolute atomic E-state index is 11.8. The van der Waals surface area contributed by atoms with Crippen molar-refractivity contribution in [2.24, 2.45) is 0 Å². The number of carbonyl (C=O) groups excluding carboxylic acids is 1. The molecule has 0 bridgehead atoms. The number of esters is 1. The number of rotatable bonds is 3. The van der Waals surface area contributed by atoms with E-state index in [9.17, 15) is 13.2 Å². The highest BCUT2D eigenvalue weighted by Gasteiger charge is 2.30. The van der Waals surface area contributed by atoms with Gasteiger partial charge in [0.25, 0.3) is 0 Å². The first kappa shape index (κ1) is 11.7. The Balaban J connectivity index is 3.09. The molecule has 0 saturated carbocycles. The minimum Gasteiger partial charge on any atom is -0.468 e. The summed E-state index contributed by atoms with van der Waals surface area (Å²) in [5.41, 5.74) is 0. The van der Waals surface area contributed by atoms with Crippen molar-refractivity contribution in [1.29, 1.82) is 0 Å². The number of hydrogen-bond donors (Lipinski definition) is 0. The van der Waals surface area contributed by atoms with E-state index < -0.39 is 21.1 Å². The zero-order valence-electron chi connectivity index (χ0n) is 8.51. The molecule has 0 spiro atoms. The molecule has 5 heteroatoms. The van der Waals surface area contributed by atoms with Crippen molar-refractivity contribution in [2.75, 3.05) is 7.11 Å². The number of carbonyl (C=O) groups is 1. The highest BCUT2D eigenvalue weighted by molar-refractivity contribution is 7.92. The van der Waals surface area contributed by atoms with Gasteiger partial charge in [0.05, 0.1) is 12.0 Å². The Morgan fingerprint density at radius 1 is 1.27 bits per heavy atom. The molecule has 0 unspecified atom stereocenters. The summed E-state index contributed by atoms with van der Waals surface area (Å²) >= 11 is 0. The van der Waals surface area contributed by atoms with E-state index in [0.717, 1.165) is 0 Å². The van der Waals surface area contributed by atoms with Gasteiger partial charge in [0.15, 0.2) is 15.1 Å². The lowest BCUT2D eigenvalue weighted by molar-refractivity contribution is -0.139. The fourth-order valence-electron chi connectivity index (χ4n) is 1.11. The Kier molecular flexibility index (Phi) is 3.47. The first-order valence-electron chi connectivity index (χ1n) is 4.37. The molecule has 1 aromatic carbocycles. The molecule has 82 valence electrons. The second kappa shape index (κ2) is 4.44. The van der Waals surface area contributed by atoms with Crippen LogP contribution in [0.25, 0.3) is 0 Å². The van der Waals surface area contributed by atoms with Crippen LogP contribution >= 0.6 is 0 Å². The number of ether oxygens (including phenoxy) is 1. The summed E-state index contributed by atoms with van der Waals surface area (Å²) < 4.78 is 28.1. The van der Waals surface area contributed by atoms with Crippen molar-refractivity contribution < 1.29 is 17.9 Å². The molecular formula is C10H12O4S. The fourth-order valence-corrected chi connectivity index (χ4v) is 2.40. The van der Waals surface area contributed by atoms with Crippen molar-refractivity contribution in [2.45, 2.75) is 17.1 Å². The number of hydrogen-bond acceptors (Lipinski definition) is 4. The van der Waals surface area contributed by atoms with E-state index in [-0.39, 0.29) is 4.90 Å². The molecule has 0 aliphatic heterocycles. The second-order valence-electron chi connectivity index (χ2n) is 3.02. The first-order chi connectivity index (χ1) is 7.00. The minimum atomic E-state index is -3.62. The molecule has 0 N–H and O–H groups in total. The molecule has 0 aliphatic rings. The van der Waals surface area contributed by atoms with Gasteiger partial charge in [-0.25, -0.2) is 8.42 Å². The predicted octanol–water partition coefficient (Wildman–Crippen LogP) is 1.02. The molecule has 0 amide bonds. The molecule has 4 nitrogen and oxygen atoms in total.